The van der Waals surface area contributed by atoms with Crippen LogP contribution < -0.4 is 0 Å². The van der Waals surface area contributed by atoms with E-state index in [0.29, 0.717) is 18.4 Å². The number of ketones is 1. The van der Waals surface area contributed by atoms with Gasteiger partial charge in [0.1, 0.15) is 0 Å². The molecule has 1 aliphatic carbocycles. The van der Waals surface area contributed by atoms with Crippen LogP contribution in [-0.4, -0.2) is 11.9 Å². The zero-order valence-electron chi connectivity index (χ0n) is 7.56. The van der Waals surface area contributed by atoms with Crippen LogP contribution >= 0.6 is 0 Å². The number of aliphatic imine (C=N–C) groups is 1. The average Bonchev–Trinajstić information content (AvgIpc) is 2.23. The summed E-state index contributed by atoms with van der Waals surface area (Å²) in [4.78, 5) is 25.4. The molecule has 0 bridgehead atoms. The van der Waals surface area contributed by atoms with Crippen molar-refractivity contribution in [3.63, 3.8) is 0 Å². The maximum absolute atomic E-state index is 11.5. The van der Waals surface area contributed by atoms with Crippen LogP contribution in [0, 0.1) is 0 Å². The van der Waals surface area contributed by atoms with E-state index in [-0.39, 0.29) is 11.8 Å². The second-order valence-corrected chi connectivity index (χ2v) is 3.29. The van der Waals surface area contributed by atoms with E-state index in [1.807, 2.05) is 18.2 Å². The summed E-state index contributed by atoms with van der Waals surface area (Å²) < 4.78 is 0. The summed E-state index contributed by atoms with van der Waals surface area (Å²) in [6.45, 7) is 0. The van der Waals surface area contributed by atoms with Gasteiger partial charge in [-0.3, -0.25) is 4.79 Å². The SMILES string of the molecule is O=C=NC1CCC(=O)c2ccccc21. The van der Waals surface area contributed by atoms with Gasteiger partial charge in [0.25, 0.3) is 0 Å². The second-order valence-electron chi connectivity index (χ2n) is 3.29. The smallest absolute Gasteiger partial charge is 0.235 e. The fraction of sp³-hybridized carbons (Fsp3) is 0.273. The minimum atomic E-state index is -0.179. The van der Waals surface area contributed by atoms with E-state index in [0.717, 1.165) is 5.56 Å². The predicted octanol–water partition coefficient (Wildman–Crippen LogP) is 2.04. The molecule has 2 rings (SSSR count). The molecule has 1 aliphatic rings. The first-order valence-corrected chi connectivity index (χ1v) is 4.52. The fourth-order valence-electron chi connectivity index (χ4n) is 1.80. The molecule has 1 aromatic carbocycles. The Morgan fingerprint density at radius 3 is 2.93 bits per heavy atom. The maximum atomic E-state index is 11.5. The number of hydrogen-bond donors (Lipinski definition) is 0. The van der Waals surface area contributed by atoms with Crippen molar-refractivity contribution in [2.75, 3.05) is 0 Å². The molecule has 1 aromatic rings. The van der Waals surface area contributed by atoms with Crippen molar-refractivity contribution in [2.24, 2.45) is 4.99 Å². The lowest BCUT2D eigenvalue weighted by Gasteiger charge is -2.19. The molecule has 70 valence electrons. The summed E-state index contributed by atoms with van der Waals surface area (Å²) in [5.74, 6) is 0.137. The first-order chi connectivity index (χ1) is 6.83. The molecule has 0 amide bonds. The van der Waals surface area contributed by atoms with Crippen molar-refractivity contribution in [2.45, 2.75) is 18.9 Å². The molecule has 0 N–H and O–H groups in total. The van der Waals surface area contributed by atoms with Gasteiger partial charge in [-0.05, 0) is 12.0 Å². The summed E-state index contributed by atoms with van der Waals surface area (Å²) in [5, 5.41) is 0. The van der Waals surface area contributed by atoms with E-state index in [1.165, 1.54) is 0 Å². The molecule has 0 heterocycles. The van der Waals surface area contributed by atoms with E-state index >= 15 is 0 Å². The molecular formula is C11H9NO2. The summed E-state index contributed by atoms with van der Waals surface area (Å²) >= 11 is 0. The lowest BCUT2D eigenvalue weighted by Crippen LogP contribution is -2.14. The van der Waals surface area contributed by atoms with Crippen LogP contribution in [0.1, 0.15) is 34.8 Å². The highest BCUT2D eigenvalue weighted by molar-refractivity contribution is 5.98. The molecular weight excluding hydrogens is 178 g/mol. The third-order valence-corrected chi connectivity index (χ3v) is 2.47. The van der Waals surface area contributed by atoms with E-state index in [2.05, 4.69) is 4.99 Å². The van der Waals surface area contributed by atoms with Crippen LogP contribution in [-0.2, 0) is 4.79 Å². The van der Waals surface area contributed by atoms with Gasteiger partial charge in [-0.15, -0.1) is 0 Å². The first kappa shape index (κ1) is 8.85. The number of isocyanates is 1. The normalized spacial score (nSPS) is 19.7. The topological polar surface area (TPSA) is 46.5 Å². The number of fused-ring (bicyclic) bond motifs is 1. The number of rotatable bonds is 1. The highest BCUT2D eigenvalue weighted by Gasteiger charge is 2.24. The molecule has 1 atom stereocenters. The van der Waals surface area contributed by atoms with Crippen LogP contribution in [0.15, 0.2) is 29.3 Å². The van der Waals surface area contributed by atoms with E-state index < -0.39 is 0 Å². The van der Waals surface area contributed by atoms with E-state index in [1.54, 1.807) is 12.1 Å². The molecule has 0 fully saturated rings. The lowest BCUT2D eigenvalue weighted by molar-refractivity contribution is 0.0967. The Morgan fingerprint density at radius 1 is 1.36 bits per heavy atom. The number of benzene rings is 1. The zero-order chi connectivity index (χ0) is 9.97. The molecule has 14 heavy (non-hydrogen) atoms. The minimum absolute atomic E-state index is 0.137. The van der Waals surface area contributed by atoms with Crippen molar-refractivity contribution in [1.29, 1.82) is 0 Å². The lowest BCUT2D eigenvalue weighted by atomic mass is 9.87. The third-order valence-electron chi connectivity index (χ3n) is 2.47. The number of hydrogen-bond acceptors (Lipinski definition) is 3. The molecule has 0 aromatic heterocycles. The van der Waals surface area contributed by atoms with Crippen molar-refractivity contribution < 1.29 is 9.59 Å². The molecule has 3 nitrogen and oxygen atoms in total. The summed E-state index contributed by atoms with van der Waals surface area (Å²) in [7, 11) is 0. The van der Waals surface area contributed by atoms with Gasteiger partial charge in [-0.25, -0.2) is 4.79 Å². The Balaban J connectivity index is 2.51. The number of nitrogens with zero attached hydrogens (tertiary/aromatic N) is 1. The largest absolute Gasteiger partial charge is 0.294 e. The second kappa shape index (κ2) is 3.56. The van der Waals surface area contributed by atoms with Gasteiger partial charge in [0.15, 0.2) is 5.78 Å². The Bertz CT molecular complexity index is 419. The molecule has 0 saturated heterocycles. The Hall–Kier alpha value is -1.73. The van der Waals surface area contributed by atoms with Gasteiger partial charge in [-0.2, -0.15) is 4.99 Å². The molecule has 3 heteroatoms. The van der Waals surface area contributed by atoms with Crippen LogP contribution in [0.5, 0.6) is 0 Å². The van der Waals surface area contributed by atoms with Crippen molar-refractivity contribution >= 4 is 11.9 Å². The van der Waals surface area contributed by atoms with Gasteiger partial charge >= 0.3 is 0 Å². The Morgan fingerprint density at radius 2 is 2.14 bits per heavy atom. The molecule has 1 unspecified atom stereocenters. The maximum Gasteiger partial charge on any atom is 0.235 e. The summed E-state index contributed by atoms with van der Waals surface area (Å²) in [6, 6.07) is 7.12. The van der Waals surface area contributed by atoms with Crippen molar-refractivity contribution in [3.8, 4) is 0 Å². The Kier molecular flexibility index (Phi) is 2.25. The number of carbonyl (C=O) groups is 1. The van der Waals surface area contributed by atoms with Gasteiger partial charge in [0, 0.05) is 12.0 Å². The standard InChI is InChI=1S/C11H9NO2/c13-7-12-10-5-6-11(14)9-4-2-1-3-8(9)10/h1-4,10H,5-6H2. The van der Waals surface area contributed by atoms with Crippen molar-refractivity contribution in [1.82, 2.24) is 0 Å². The van der Waals surface area contributed by atoms with Crippen LogP contribution in [0.25, 0.3) is 0 Å². The van der Waals surface area contributed by atoms with Crippen LogP contribution in [0.3, 0.4) is 0 Å². The average molecular weight is 187 g/mol. The van der Waals surface area contributed by atoms with Crippen molar-refractivity contribution in [3.05, 3.63) is 35.4 Å². The molecule has 0 saturated carbocycles. The molecule has 0 spiro atoms. The van der Waals surface area contributed by atoms with Gasteiger partial charge in [0.05, 0.1) is 6.04 Å². The van der Waals surface area contributed by atoms with Gasteiger partial charge in [-0.1, -0.05) is 24.3 Å². The van der Waals surface area contributed by atoms with Crippen LogP contribution in [0.4, 0.5) is 0 Å². The summed E-state index contributed by atoms with van der Waals surface area (Å²) in [5.41, 5.74) is 1.55. The highest BCUT2D eigenvalue weighted by Crippen LogP contribution is 2.31. The fourth-order valence-corrected chi connectivity index (χ4v) is 1.80. The molecule has 0 aliphatic heterocycles. The number of carbonyl (C=O) groups excluding carboxylic acids is 2. The van der Waals surface area contributed by atoms with E-state index in [9.17, 15) is 9.59 Å². The Labute approximate surface area is 81.5 Å². The highest BCUT2D eigenvalue weighted by atomic mass is 16.1. The zero-order valence-corrected chi connectivity index (χ0v) is 7.56. The van der Waals surface area contributed by atoms with E-state index in [4.69, 9.17) is 0 Å². The first-order valence-electron chi connectivity index (χ1n) is 4.52. The third kappa shape index (κ3) is 1.38. The number of Topliss-reactive ketones (excluding diaryl/α,β-unsaturated/α-hetero) is 1. The minimum Gasteiger partial charge on any atom is -0.294 e. The van der Waals surface area contributed by atoms with Gasteiger partial charge < -0.3 is 0 Å². The van der Waals surface area contributed by atoms with Crippen LogP contribution in [0.2, 0.25) is 0 Å². The monoisotopic (exact) mass is 187 g/mol. The quantitative estimate of drug-likeness (QED) is 0.499. The molecule has 0 radical (unpaired) electrons. The summed E-state index contributed by atoms with van der Waals surface area (Å²) in [6.07, 6.45) is 2.64. The predicted molar refractivity (Wildman–Crippen MR) is 50.9 cm³/mol. The van der Waals surface area contributed by atoms with Gasteiger partial charge in [0.2, 0.25) is 6.08 Å².